The number of hydrogen-bond acceptors (Lipinski definition) is 4. The summed E-state index contributed by atoms with van der Waals surface area (Å²) in [7, 11) is 3.55. The Balaban J connectivity index is 2.23. The topological polar surface area (TPSA) is 58.8 Å². The molecule has 1 aromatic rings. The first-order chi connectivity index (χ1) is 8.65. The van der Waals surface area contributed by atoms with Crippen LogP contribution in [0, 0.1) is 0 Å². The minimum atomic E-state index is 0.0930. The molecule has 1 aromatic carbocycles. The van der Waals surface area contributed by atoms with Crippen molar-refractivity contribution >= 4 is 11.6 Å². The number of likely N-dealkylation sites (N-methyl/N-ethyl adjacent to an activating group) is 1. The highest BCUT2D eigenvalue weighted by Crippen LogP contribution is 2.23. The fourth-order valence-electron chi connectivity index (χ4n) is 2.16. The van der Waals surface area contributed by atoms with E-state index in [1.807, 2.05) is 36.2 Å². The van der Waals surface area contributed by atoms with Gasteiger partial charge in [-0.1, -0.05) is 6.07 Å². The Morgan fingerprint density at radius 3 is 2.94 bits per heavy atom. The molecule has 0 aliphatic carbocycles. The lowest BCUT2D eigenvalue weighted by Crippen LogP contribution is -2.57. The molecule has 1 fully saturated rings. The number of ether oxygens (including phenoxy) is 1. The molecule has 1 unspecified atom stereocenters. The highest BCUT2D eigenvalue weighted by molar-refractivity contribution is 5.95. The van der Waals surface area contributed by atoms with E-state index >= 15 is 0 Å². The molecule has 1 atom stereocenters. The molecule has 1 saturated heterocycles. The van der Waals surface area contributed by atoms with E-state index in [2.05, 4.69) is 0 Å². The molecule has 0 aromatic heterocycles. The Hall–Kier alpha value is -1.59. The van der Waals surface area contributed by atoms with Gasteiger partial charge in [0.2, 0.25) is 5.91 Å². The van der Waals surface area contributed by atoms with E-state index in [4.69, 9.17) is 10.5 Å². The zero-order chi connectivity index (χ0) is 13.1. The van der Waals surface area contributed by atoms with Gasteiger partial charge in [-0.25, -0.2) is 0 Å². The number of hydrogen-bond donors (Lipinski definition) is 1. The first-order valence-electron chi connectivity index (χ1n) is 6.00. The van der Waals surface area contributed by atoms with Crippen LogP contribution in [0.2, 0.25) is 0 Å². The predicted octanol–water partition coefficient (Wildman–Crippen LogP) is 0.301. The maximum Gasteiger partial charge on any atom is 0.241 e. The summed E-state index contributed by atoms with van der Waals surface area (Å²) in [6.07, 6.45) is 0. The lowest BCUT2D eigenvalue weighted by Gasteiger charge is -2.38. The van der Waals surface area contributed by atoms with Crippen molar-refractivity contribution in [3.8, 4) is 5.75 Å². The van der Waals surface area contributed by atoms with E-state index in [1.54, 1.807) is 12.0 Å². The molecule has 5 nitrogen and oxygen atoms in total. The van der Waals surface area contributed by atoms with Gasteiger partial charge in [0.25, 0.3) is 0 Å². The van der Waals surface area contributed by atoms with Crippen LogP contribution in [0.25, 0.3) is 0 Å². The van der Waals surface area contributed by atoms with Crippen LogP contribution in [-0.2, 0) is 4.79 Å². The molecule has 0 radical (unpaired) electrons. The van der Waals surface area contributed by atoms with Crippen LogP contribution < -0.4 is 15.4 Å². The number of rotatable bonds is 3. The van der Waals surface area contributed by atoms with Gasteiger partial charge in [-0.3, -0.25) is 9.69 Å². The fourth-order valence-corrected chi connectivity index (χ4v) is 2.16. The Labute approximate surface area is 107 Å². The van der Waals surface area contributed by atoms with Gasteiger partial charge in [-0.15, -0.1) is 0 Å². The third-order valence-electron chi connectivity index (χ3n) is 3.34. The van der Waals surface area contributed by atoms with Crippen LogP contribution in [-0.4, -0.2) is 50.6 Å². The lowest BCUT2D eigenvalue weighted by atomic mass is 10.1. The van der Waals surface area contributed by atoms with Gasteiger partial charge in [0.15, 0.2) is 0 Å². The first-order valence-corrected chi connectivity index (χ1v) is 6.00. The number of nitrogens with zero attached hydrogens (tertiary/aromatic N) is 2. The molecule has 1 aliphatic rings. The maximum absolute atomic E-state index is 12.1. The number of carbonyl (C=O) groups is 1. The van der Waals surface area contributed by atoms with Crippen LogP contribution in [0.15, 0.2) is 24.3 Å². The van der Waals surface area contributed by atoms with Gasteiger partial charge in [-0.2, -0.15) is 0 Å². The summed E-state index contributed by atoms with van der Waals surface area (Å²) >= 11 is 0. The van der Waals surface area contributed by atoms with Gasteiger partial charge in [-0.05, 0) is 19.2 Å². The Kier molecular flexibility index (Phi) is 3.84. The van der Waals surface area contributed by atoms with Crippen LogP contribution in [0.5, 0.6) is 5.75 Å². The summed E-state index contributed by atoms with van der Waals surface area (Å²) in [5.74, 6) is 0.846. The van der Waals surface area contributed by atoms with Gasteiger partial charge >= 0.3 is 0 Å². The van der Waals surface area contributed by atoms with Crippen molar-refractivity contribution in [2.24, 2.45) is 5.73 Å². The van der Waals surface area contributed by atoms with E-state index in [1.165, 1.54) is 0 Å². The summed E-state index contributed by atoms with van der Waals surface area (Å²) in [6, 6.07) is 7.74. The minimum Gasteiger partial charge on any atom is -0.497 e. The van der Waals surface area contributed by atoms with Gasteiger partial charge in [0, 0.05) is 30.9 Å². The van der Waals surface area contributed by atoms with E-state index in [-0.39, 0.29) is 11.9 Å². The summed E-state index contributed by atoms with van der Waals surface area (Å²) in [6.45, 7) is 1.57. The van der Waals surface area contributed by atoms with Crippen molar-refractivity contribution in [1.29, 1.82) is 0 Å². The second kappa shape index (κ2) is 5.37. The molecule has 1 heterocycles. The molecule has 1 amide bonds. The lowest BCUT2D eigenvalue weighted by molar-refractivity contribution is -0.121. The number of methoxy groups -OCH3 is 1. The molecule has 0 saturated carbocycles. The quantitative estimate of drug-likeness (QED) is 0.837. The smallest absolute Gasteiger partial charge is 0.241 e. The number of amides is 1. The minimum absolute atomic E-state index is 0.0930. The molecule has 98 valence electrons. The van der Waals surface area contributed by atoms with Crippen LogP contribution >= 0.6 is 0 Å². The van der Waals surface area contributed by atoms with E-state index in [0.29, 0.717) is 19.6 Å². The van der Waals surface area contributed by atoms with Gasteiger partial charge in [0.1, 0.15) is 5.75 Å². The number of benzene rings is 1. The highest BCUT2D eigenvalue weighted by Gasteiger charge is 2.29. The molecule has 2 rings (SSSR count). The zero-order valence-electron chi connectivity index (χ0n) is 10.8. The number of nitrogens with two attached hydrogens (primary N) is 1. The summed E-state index contributed by atoms with van der Waals surface area (Å²) in [5, 5.41) is 0. The van der Waals surface area contributed by atoms with Gasteiger partial charge in [0.05, 0.1) is 13.7 Å². The molecular weight excluding hydrogens is 230 g/mol. The number of piperazine rings is 1. The van der Waals surface area contributed by atoms with Crippen molar-refractivity contribution in [1.82, 2.24) is 4.90 Å². The standard InChI is InChI=1S/C13H19N3O2/c1-15-9-13(17)16(8-11(15)7-14)10-4-3-5-12(6-10)18-2/h3-6,11H,7-9,14H2,1-2H3. The highest BCUT2D eigenvalue weighted by atomic mass is 16.5. The Morgan fingerprint density at radius 2 is 2.28 bits per heavy atom. The summed E-state index contributed by atoms with van der Waals surface area (Å²) in [5.41, 5.74) is 6.60. The molecule has 2 N–H and O–H groups in total. The van der Waals surface area contributed by atoms with E-state index in [0.717, 1.165) is 11.4 Å². The van der Waals surface area contributed by atoms with E-state index < -0.39 is 0 Å². The number of anilines is 1. The maximum atomic E-state index is 12.1. The number of carbonyl (C=O) groups excluding carboxylic acids is 1. The van der Waals surface area contributed by atoms with Crippen molar-refractivity contribution in [2.75, 3.05) is 38.7 Å². The first kappa shape index (κ1) is 12.9. The SMILES string of the molecule is COc1cccc(N2CC(CN)N(C)CC2=O)c1. The van der Waals surface area contributed by atoms with Crippen LogP contribution in [0.4, 0.5) is 5.69 Å². The third kappa shape index (κ3) is 2.47. The average molecular weight is 249 g/mol. The second-order valence-electron chi connectivity index (χ2n) is 4.51. The monoisotopic (exact) mass is 249 g/mol. The van der Waals surface area contributed by atoms with E-state index in [9.17, 15) is 4.79 Å². The molecule has 5 heteroatoms. The van der Waals surface area contributed by atoms with Gasteiger partial charge < -0.3 is 15.4 Å². The van der Waals surface area contributed by atoms with Crippen LogP contribution in [0.1, 0.15) is 0 Å². The molecule has 18 heavy (non-hydrogen) atoms. The van der Waals surface area contributed by atoms with Crippen LogP contribution in [0.3, 0.4) is 0 Å². The molecule has 1 aliphatic heterocycles. The molecular formula is C13H19N3O2. The average Bonchev–Trinajstić information content (AvgIpc) is 2.39. The zero-order valence-corrected chi connectivity index (χ0v) is 10.8. The summed E-state index contributed by atoms with van der Waals surface area (Å²) < 4.78 is 5.18. The molecule has 0 spiro atoms. The Morgan fingerprint density at radius 1 is 1.50 bits per heavy atom. The van der Waals surface area contributed by atoms with Crippen molar-refractivity contribution in [2.45, 2.75) is 6.04 Å². The Bertz CT molecular complexity index is 436. The second-order valence-corrected chi connectivity index (χ2v) is 4.51. The fraction of sp³-hybridized carbons (Fsp3) is 0.462. The summed E-state index contributed by atoms with van der Waals surface area (Å²) in [4.78, 5) is 15.8. The van der Waals surface area contributed by atoms with Crippen molar-refractivity contribution in [3.63, 3.8) is 0 Å². The normalized spacial score (nSPS) is 21.2. The van der Waals surface area contributed by atoms with Crippen molar-refractivity contribution in [3.05, 3.63) is 24.3 Å². The largest absolute Gasteiger partial charge is 0.497 e. The predicted molar refractivity (Wildman–Crippen MR) is 70.8 cm³/mol. The third-order valence-corrected chi connectivity index (χ3v) is 3.34. The van der Waals surface area contributed by atoms with Crippen molar-refractivity contribution < 1.29 is 9.53 Å². The molecule has 0 bridgehead atoms.